The second-order valence-electron chi connectivity index (χ2n) is 4.63. The molecule has 0 aliphatic carbocycles. The van der Waals surface area contributed by atoms with Crippen LogP contribution in [0, 0.1) is 5.92 Å². The van der Waals surface area contributed by atoms with Crippen LogP contribution in [0.2, 0.25) is 0 Å². The maximum Gasteiger partial charge on any atom is 0.305 e. The van der Waals surface area contributed by atoms with Crippen molar-refractivity contribution in [2.45, 2.75) is 32.4 Å². The van der Waals surface area contributed by atoms with E-state index in [1.807, 2.05) is 13.8 Å². The Morgan fingerprint density at radius 3 is 2.71 bits per heavy atom. The van der Waals surface area contributed by atoms with Crippen molar-refractivity contribution in [2.24, 2.45) is 11.7 Å². The van der Waals surface area contributed by atoms with Crippen LogP contribution in [0.4, 0.5) is 0 Å². The quantitative estimate of drug-likeness (QED) is 0.706. The van der Waals surface area contributed by atoms with Crippen molar-refractivity contribution in [3.63, 3.8) is 0 Å². The lowest BCUT2D eigenvalue weighted by Gasteiger charge is -2.37. The Hall–Kier alpha value is -1.14. The van der Waals surface area contributed by atoms with Gasteiger partial charge in [0.15, 0.2) is 0 Å². The van der Waals surface area contributed by atoms with Gasteiger partial charge in [0.1, 0.15) is 0 Å². The summed E-state index contributed by atoms with van der Waals surface area (Å²) in [6.07, 6.45) is -0.101. The van der Waals surface area contributed by atoms with Crippen LogP contribution in [0.1, 0.15) is 20.3 Å². The van der Waals surface area contributed by atoms with E-state index in [1.165, 1.54) is 0 Å². The van der Waals surface area contributed by atoms with Gasteiger partial charge in [-0.3, -0.25) is 9.59 Å². The molecule has 1 heterocycles. The van der Waals surface area contributed by atoms with Crippen molar-refractivity contribution in [2.75, 3.05) is 19.8 Å². The molecule has 0 bridgehead atoms. The largest absolute Gasteiger partial charge is 0.481 e. The first-order valence-electron chi connectivity index (χ1n) is 5.79. The Labute approximate surface area is 101 Å². The number of carboxylic acid groups (broad SMARTS) is 1. The molecule has 0 saturated carbocycles. The van der Waals surface area contributed by atoms with E-state index in [4.69, 9.17) is 15.6 Å². The minimum atomic E-state index is -0.934. The molecular formula is C11H20N2O4. The fourth-order valence-electron chi connectivity index (χ4n) is 1.79. The monoisotopic (exact) mass is 244 g/mol. The van der Waals surface area contributed by atoms with Crippen LogP contribution in [0.15, 0.2) is 0 Å². The zero-order chi connectivity index (χ0) is 13.0. The van der Waals surface area contributed by atoms with Gasteiger partial charge in [-0.2, -0.15) is 0 Å². The minimum absolute atomic E-state index is 0.0378. The van der Waals surface area contributed by atoms with Crippen molar-refractivity contribution in [3.05, 3.63) is 0 Å². The fourth-order valence-corrected chi connectivity index (χ4v) is 1.79. The van der Waals surface area contributed by atoms with Crippen LogP contribution in [0.5, 0.6) is 0 Å². The van der Waals surface area contributed by atoms with Gasteiger partial charge in [0.25, 0.3) is 0 Å². The molecule has 0 radical (unpaired) electrons. The van der Waals surface area contributed by atoms with Gasteiger partial charge in [0, 0.05) is 6.54 Å². The smallest absolute Gasteiger partial charge is 0.305 e. The summed E-state index contributed by atoms with van der Waals surface area (Å²) >= 11 is 0. The maximum absolute atomic E-state index is 12.1. The number of nitrogens with two attached hydrogens (primary N) is 1. The first kappa shape index (κ1) is 13.9. The predicted molar refractivity (Wildman–Crippen MR) is 61.4 cm³/mol. The molecule has 2 atom stereocenters. The van der Waals surface area contributed by atoms with Gasteiger partial charge in [0.05, 0.1) is 31.7 Å². The Morgan fingerprint density at radius 1 is 1.53 bits per heavy atom. The van der Waals surface area contributed by atoms with Crippen molar-refractivity contribution in [1.29, 1.82) is 0 Å². The SMILES string of the molecule is CC(C)C(N)C(=O)N1CCOCC1CC(=O)O. The number of nitrogens with zero attached hydrogens (tertiary/aromatic N) is 1. The Bertz CT molecular complexity index is 293. The van der Waals surface area contributed by atoms with Crippen molar-refractivity contribution >= 4 is 11.9 Å². The number of ether oxygens (including phenoxy) is 1. The number of rotatable bonds is 4. The molecule has 17 heavy (non-hydrogen) atoms. The van der Waals surface area contributed by atoms with Gasteiger partial charge in [-0.25, -0.2) is 0 Å². The second kappa shape index (κ2) is 5.97. The lowest BCUT2D eigenvalue weighted by atomic mass is 10.0. The van der Waals surface area contributed by atoms with Gasteiger partial charge in [-0.1, -0.05) is 13.8 Å². The lowest BCUT2D eigenvalue weighted by molar-refractivity contribution is -0.147. The molecular weight excluding hydrogens is 224 g/mol. The highest BCUT2D eigenvalue weighted by atomic mass is 16.5. The van der Waals surface area contributed by atoms with E-state index in [2.05, 4.69) is 0 Å². The first-order chi connectivity index (χ1) is 7.93. The van der Waals surface area contributed by atoms with Gasteiger partial charge in [0.2, 0.25) is 5.91 Å². The molecule has 1 amide bonds. The molecule has 1 saturated heterocycles. The van der Waals surface area contributed by atoms with Crippen LogP contribution >= 0.6 is 0 Å². The second-order valence-corrected chi connectivity index (χ2v) is 4.63. The minimum Gasteiger partial charge on any atom is -0.481 e. The molecule has 0 aromatic heterocycles. The number of aliphatic carboxylic acids is 1. The Morgan fingerprint density at radius 2 is 2.18 bits per heavy atom. The van der Waals surface area contributed by atoms with Crippen molar-refractivity contribution < 1.29 is 19.4 Å². The predicted octanol–water partition coefficient (Wildman–Crippen LogP) is -0.328. The molecule has 1 aliphatic heterocycles. The molecule has 1 aliphatic rings. The third-order valence-corrected chi connectivity index (χ3v) is 2.92. The standard InChI is InChI=1S/C11H20N2O4/c1-7(2)10(12)11(16)13-3-4-17-6-8(13)5-9(14)15/h7-8,10H,3-6,12H2,1-2H3,(H,14,15). The topological polar surface area (TPSA) is 92.9 Å². The third kappa shape index (κ3) is 3.67. The summed E-state index contributed by atoms with van der Waals surface area (Å²) in [5.74, 6) is -1.08. The van der Waals surface area contributed by atoms with E-state index in [-0.39, 0.29) is 24.9 Å². The first-order valence-corrected chi connectivity index (χ1v) is 5.79. The molecule has 0 aromatic carbocycles. The van der Waals surface area contributed by atoms with Gasteiger partial charge in [-0.05, 0) is 5.92 Å². The number of hydrogen-bond acceptors (Lipinski definition) is 4. The summed E-state index contributed by atoms with van der Waals surface area (Å²) in [5.41, 5.74) is 5.80. The van der Waals surface area contributed by atoms with Gasteiger partial charge < -0.3 is 20.5 Å². The molecule has 1 rings (SSSR count). The number of carboxylic acids is 1. The molecule has 1 fully saturated rings. The molecule has 0 aromatic rings. The summed E-state index contributed by atoms with van der Waals surface area (Å²) in [6.45, 7) is 4.86. The van der Waals surface area contributed by atoms with E-state index >= 15 is 0 Å². The number of morpholine rings is 1. The molecule has 6 heteroatoms. The van der Waals surface area contributed by atoms with E-state index < -0.39 is 18.1 Å². The number of hydrogen-bond donors (Lipinski definition) is 2. The molecule has 6 nitrogen and oxygen atoms in total. The van der Waals surface area contributed by atoms with Crippen molar-refractivity contribution in [3.8, 4) is 0 Å². The maximum atomic E-state index is 12.1. The summed E-state index contributed by atoms with van der Waals surface area (Å²) in [4.78, 5) is 24.3. The number of amides is 1. The Kier molecular flexibility index (Phi) is 4.89. The van der Waals surface area contributed by atoms with Crippen LogP contribution in [0.25, 0.3) is 0 Å². The molecule has 0 spiro atoms. The normalized spacial score (nSPS) is 22.6. The van der Waals surface area contributed by atoms with E-state index in [1.54, 1.807) is 4.90 Å². The summed E-state index contributed by atoms with van der Waals surface area (Å²) < 4.78 is 5.21. The zero-order valence-corrected chi connectivity index (χ0v) is 10.3. The highest BCUT2D eigenvalue weighted by Gasteiger charge is 2.32. The van der Waals surface area contributed by atoms with E-state index in [9.17, 15) is 9.59 Å². The summed E-state index contributed by atoms with van der Waals surface area (Å²) in [5, 5.41) is 8.79. The molecule has 3 N–H and O–H groups in total. The van der Waals surface area contributed by atoms with Crippen LogP contribution < -0.4 is 5.73 Å². The average Bonchev–Trinajstić information content (AvgIpc) is 2.27. The third-order valence-electron chi connectivity index (χ3n) is 2.92. The van der Waals surface area contributed by atoms with E-state index in [0.717, 1.165) is 0 Å². The lowest BCUT2D eigenvalue weighted by Crippen LogP contribution is -2.55. The Balaban J connectivity index is 2.70. The van der Waals surface area contributed by atoms with Gasteiger partial charge >= 0.3 is 5.97 Å². The van der Waals surface area contributed by atoms with Gasteiger partial charge in [-0.15, -0.1) is 0 Å². The number of carbonyl (C=O) groups is 2. The molecule has 98 valence electrons. The van der Waals surface area contributed by atoms with Crippen LogP contribution in [-0.4, -0.2) is 53.7 Å². The van der Waals surface area contributed by atoms with Crippen LogP contribution in [0.3, 0.4) is 0 Å². The molecule has 2 unspecified atom stereocenters. The van der Waals surface area contributed by atoms with Crippen molar-refractivity contribution in [1.82, 2.24) is 4.90 Å². The highest BCUT2D eigenvalue weighted by Crippen LogP contribution is 2.14. The zero-order valence-electron chi connectivity index (χ0n) is 10.3. The average molecular weight is 244 g/mol. The fraction of sp³-hybridized carbons (Fsp3) is 0.818. The summed E-state index contributed by atoms with van der Waals surface area (Å²) in [7, 11) is 0. The highest BCUT2D eigenvalue weighted by molar-refractivity contribution is 5.83. The van der Waals surface area contributed by atoms with Crippen LogP contribution in [-0.2, 0) is 14.3 Å². The van der Waals surface area contributed by atoms with E-state index in [0.29, 0.717) is 13.2 Å². The summed E-state index contributed by atoms with van der Waals surface area (Å²) in [6, 6.07) is -0.983. The number of carbonyl (C=O) groups excluding carboxylic acids is 1.